The summed E-state index contributed by atoms with van der Waals surface area (Å²) < 4.78 is 0. The van der Waals surface area contributed by atoms with E-state index >= 15 is 0 Å². The number of rotatable bonds is 8. The lowest BCUT2D eigenvalue weighted by Crippen LogP contribution is -2.21. The lowest BCUT2D eigenvalue weighted by Gasteiger charge is -2.22. The van der Waals surface area contributed by atoms with Gasteiger partial charge in [-0.3, -0.25) is 0 Å². The van der Waals surface area contributed by atoms with Crippen molar-refractivity contribution in [2.45, 2.75) is 38.3 Å². The summed E-state index contributed by atoms with van der Waals surface area (Å²) in [4.78, 5) is 13.4. The smallest absolute Gasteiger partial charge is 0.114 e. The molecule has 1 atom stereocenters. The van der Waals surface area contributed by atoms with Crippen molar-refractivity contribution in [2.24, 2.45) is 0 Å². The maximum absolute atomic E-state index is 10.0. The van der Waals surface area contributed by atoms with Gasteiger partial charge in [0.05, 0.1) is 41.7 Å². The Labute approximate surface area is 252 Å². The predicted octanol–water partition coefficient (Wildman–Crippen LogP) is 6.65. The van der Waals surface area contributed by atoms with Crippen molar-refractivity contribution in [3.63, 3.8) is 0 Å². The van der Waals surface area contributed by atoms with Crippen LogP contribution in [0.5, 0.6) is 0 Å². The lowest BCUT2D eigenvalue weighted by atomic mass is 9.89. The van der Waals surface area contributed by atoms with Gasteiger partial charge < -0.3 is 14.8 Å². The van der Waals surface area contributed by atoms with E-state index in [1.54, 1.807) is 0 Å². The summed E-state index contributed by atoms with van der Waals surface area (Å²) in [6, 6.07) is 35.9. The van der Waals surface area contributed by atoms with Gasteiger partial charge in [-0.15, -0.1) is 0 Å². The Balaban J connectivity index is 1.21. The Bertz CT molecular complexity index is 1860. The molecule has 4 aromatic carbocycles. The first-order valence-electron chi connectivity index (χ1n) is 14.9. The number of aromatic nitrogens is 2. The minimum absolute atomic E-state index is 0.0371. The molecule has 1 unspecified atom stereocenters. The van der Waals surface area contributed by atoms with Gasteiger partial charge in [-0.1, -0.05) is 60.7 Å². The van der Waals surface area contributed by atoms with Crippen molar-refractivity contribution < 1.29 is 0 Å². The van der Waals surface area contributed by atoms with E-state index in [9.17, 15) is 10.5 Å². The summed E-state index contributed by atoms with van der Waals surface area (Å²) in [6.07, 6.45) is 4.78. The molecule has 2 aliphatic rings. The van der Waals surface area contributed by atoms with Crippen LogP contribution in [-0.4, -0.2) is 23.1 Å². The average Bonchev–Trinajstić information content (AvgIpc) is 3.80. The molecule has 0 aliphatic carbocycles. The van der Waals surface area contributed by atoms with Gasteiger partial charge in [0.2, 0.25) is 0 Å². The zero-order valence-corrected chi connectivity index (χ0v) is 24.0. The number of para-hydroxylation sites is 2. The summed E-state index contributed by atoms with van der Waals surface area (Å²) >= 11 is 0. The third kappa shape index (κ3) is 5.36. The number of imidazole rings is 1. The summed E-state index contributed by atoms with van der Waals surface area (Å²) in [5.41, 5.74) is 11.0. The Hall–Kier alpha value is -5.33. The van der Waals surface area contributed by atoms with Gasteiger partial charge in [-0.05, 0) is 77.4 Å². The Morgan fingerprint density at radius 1 is 0.767 bits per heavy atom. The SMILES string of the molecule is N#Cc1ccc(CC(c2ccc(C#N)c(CN3CCc4ccccc43)c2)c2ncc(CN3CCc4ccccc43)[nH]2)cc1. The van der Waals surface area contributed by atoms with E-state index in [0.29, 0.717) is 17.7 Å². The van der Waals surface area contributed by atoms with Crippen LogP contribution in [-0.2, 0) is 32.4 Å². The molecule has 0 radical (unpaired) electrons. The third-order valence-corrected chi connectivity index (χ3v) is 8.84. The fourth-order valence-corrected chi connectivity index (χ4v) is 6.58. The third-order valence-electron chi connectivity index (χ3n) is 8.84. The molecule has 6 nitrogen and oxygen atoms in total. The Kier molecular flexibility index (Phi) is 7.11. The molecule has 0 saturated carbocycles. The second-order valence-electron chi connectivity index (χ2n) is 11.5. The van der Waals surface area contributed by atoms with Gasteiger partial charge in [0, 0.05) is 36.9 Å². The topological polar surface area (TPSA) is 82.7 Å². The van der Waals surface area contributed by atoms with Crippen LogP contribution in [0.1, 0.15) is 56.4 Å². The molecular weight excluding hydrogens is 528 g/mol. The number of fused-ring (bicyclic) bond motifs is 2. The van der Waals surface area contributed by atoms with Crippen LogP contribution in [0.25, 0.3) is 0 Å². The highest BCUT2D eigenvalue weighted by molar-refractivity contribution is 5.59. The van der Waals surface area contributed by atoms with Crippen LogP contribution < -0.4 is 9.80 Å². The number of nitrogens with one attached hydrogen (secondary N) is 1. The van der Waals surface area contributed by atoms with Crippen LogP contribution in [0.15, 0.2) is 97.2 Å². The van der Waals surface area contributed by atoms with Crippen molar-refractivity contribution in [3.05, 3.63) is 148 Å². The second-order valence-corrected chi connectivity index (χ2v) is 11.5. The zero-order chi connectivity index (χ0) is 29.2. The first-order chi connectivity index (χ1) is 21.2. The number of anilines is 2. The number of aromatic amines is 1. The fourth-order valence-electron chi connectivity index (χ4n) is 6.58. The molecule has 1 N–H and O–H groups in total. The van der Waals surface area contributed by atoms with Gasteiger partial charge in [-0.2, -0.15) is 10.5 Å². The summed E-state index contributed by atoms with van der Waals surface area (Å²) in [5.74, 6) is 0.874. The summed E-state index contributed by atoms with van der Waals surface area (Å²) in [7, 11) is 0. The number of hydrogen-bond acceptors (Lipinski definition) is 5. The lowest BCUT2D eigenvalue weighted by molar-refractivity contribution is 0.739. The standard InChI is InChI=1S/C37H32N6/c38-21-27-11-9-26(10-12-27)19-34(37-40-23-33(41-37)25-43-18-16-29-6-2-4-8-36(29)43)30-13-14-31(22-39)32(20-30)24-42-17-15-28-5-1-3-7-35(28)42/h1-14,20,23,34H,15-19,24-25H2,(H,40,41). The number of hydrogen-bond donors (Lipinski definition) is 1. The Morgan fingerprint density at radius 3 is 2.12 bits per heavy atom. The van der Waals surface area contributed by atoms with Gasteiger partial charge >= 0.3 is 0 Å². The molecule has 210 valence electrons. The minimum atomic E-state index is -0.0371. The predicted molar refractivity (Wildman–Crippen MR) is 169 cm³/mol. The molecule has 7 rings (SSSR count). The van der Waals surface area contributed by atoms with E-state index in [4.69, 9.17) is 4.98 Å². The maximum atomic E-state index is 10.0. The van der Waals surface area contributed by atoms with E-state index in [-0.39, 0.29) is 5.92 Å². The highest BCUT2D eigenvalue weighted by Gasteiger charge is 2.24. The highest BCUT2D eigenvalue weighted by Crippen LogP contribution is 2.33. The molecule has 43 heavy (non-hydrogen) atoms. The van der Waals surface area contributed by atoms with Crippen molar-refractivity contribution in [2.75, 3.05) is 22.9 Å². The summed E-state index contributed by atoms with van der Waals surface area (Å²) in [5, 5.41) is 19.3. The van der Waals surface area contributed by atoms with Crippen LogP contribution >= 0.6 is 0 Å². The number of H-pyrrole nitrogens is 1. The van der Waals surface area contributed by atoms with E-state index < -0.39 is 0 Å². The molecule has 2 aliphatic heterocycles. The normalized spacial score (nSPS) is 14.2. The molecule has 5 aromatic rings. The van der Waals surface area contributed by atoms with Crippen molar-refractivity contribution in [1.82, 2.24) is 9.97 Å². The molecular formula is C37H32N6. The maximum Gasteiger partial charge on any atom is 0.114 e. The Morgan fingerprint density at radius 2 is 1.44 bits per heavy atom. The fraction of sp³-hybridized carbons (Fsp3) is 0.216. The number of nitriles is 2. The second kappa shape index (κ2) is 11.5. The zero-order valence-electron chi connectivity index (χ0n) is 24.0. The number of nitrogens with zero attached hydrogens (tertiary/aromatic N) is 5. The van der Waals surface area contributed by atoms with E-state index in [2.05, 4.69) is 87.6 Å². The molecule has 0 amide bonds. The first kappa shape index (κ1) is 26.6. The molecule has 1 aromatic heterocycles. The van der Waals surface area contributed by atoms with Gasteiger partial charge in [0.15, 0.2) is 0 Å². The monoisotopic (exact) mass is 560 g/mol. The first-order valence-corrected chi connectivity index (χ1v) is 14.9. The molecule has 0 bridgehead atoms. The van der Waals surface area contributed by atoms with Crippen LogP contribution in [0.2, 0.25) is 0 Å². The number of benzene rings is 4. The van der Waals surface area contributed by atoms with Crippen molar-refractivity contribution in [1.29, 1.82) is 10.5 Å². The highest BCUT2D eigenvalue weighted by atomic mass is 15.2. The summed E-state index contributed by atoms with van der Waals surface area (Å²) in [6.45, 7) is 3.42. The molecule has 3 heterocycles. The quantitative estimate of drug-likeness (QED) is 0.230. The van der Waals surface area contributed by atoms with Gasteiger partial charge in [0.1, 0.15) is 5.82 Å². The molecule has 0 saturated heterocycles. The van der Waals surface area contributed by atoms with E-state index in [0.717, 1.165) is 67.1 Å². The van der Waals surface area contributed by atoms with Crippen molar-refractivity contribution in [3.8, 4) is 12.1 Å². The van der Waals surface area contributed by atoms with Gasteiger partial charge in [-0.25, -0.2) is 4.98 Å². The van der Waals surface area contributed by atoms with Crippen LogP contribution in [0.3, 0.4) is 0 Å². The van der Waals surface area contributed by atoms with E-state index in [1.807, 2.05) is 36.5 Å². The minimum Gasteiger partial charge on any atom is -0.367 e. The molecule has 6 heteroatoms. The molecule has 0 fully saturated rings. The van der Waals surface area contributed by atoms with Crippen LogP contribution in [0, 0.1) is 22.7 Å². The van der Waals surface area contributed by atoms with Gasteiger partial charge in [0.25, 0.3) is 0 Å². The largest absolute Gasteiger partial charge is 0.367 e. The van der Waals surface area contributed by atoms with Crippen molar-refractivity contribution >= 4 is 11.4 Å². The average molecular weight is 561 g/mol. The van der Waals surface area contributed by atoms with Crippen LogP contribution in [0.4, 0.5) is 11.4 Å². The molecule has 0 spiro atoms. The van der Waals surface area contributed by atoms with E-state index in [1.165, 1.54) is 22.5 Å².